The SMILES string of the molecule is COc1cccc(N2CCNC(=O)CC2)c1C(C)=O. The molecule has 0 atom stereocenters. The Morgan fingerprint density at radius 2 is 2.16 bits per heavy atom. The zero-order chi connectivity index (χ0) is 13.8. The molecule has 1 aromatic carbocycles. The predicted octanol–water partition coefficient (Wildman–Crippen LogP) is 1.22. The Morgan fingerprint density at radius 1 is 1.37 bits per heavy atom. The molecule has 5 nitrogen and oxygen atoms in total. The molecule has 0 unspecified atom stereocenters. The lowest BCUT2D eigenvalue weighted by Gasteiger charge is -2.25. The highest BCUT2D eigenvalue weighted by atomic mass is 16.5. The number of hydrogen-bond acceptors (Lipinski definition) is 4. The molecule has 1 aliphatic heterocycles. The lowest BCUT2D eigenvalue weighted by molar-refractivity contribution is -0.120. The lowest BCUT2D eigenvalue weighted by atomic mass is 10.1. The van der Waals surface area contributed by atoms with Crippen LogP contribution in [0.3, 0.4) is 0 Å². The molecule has 0 radical (unpaired) electrons. The minimum absolute atomic E-state index is 0.0315. The molecule has 0 spiro atoms. The first kappa shape index (κ1) is 13.4. The Hall–Kier alpha value is -2.04. The fourth-order valence-corrected chi connectivity index (χ4v) is 2.31. The summed E-state index contributed by atoms with van der Waals surface area (Å²) < 4.78 is 5.26. The van der Waals surface area contributed by atoms with E-state index in [0.29, 0.717) is 37.4 Å². The maximum absolute atomic E-state index is 11.8. The zero-order valence-corrected chi connectivity index (χ0v) is 11.2. The van der Waals surface area contributed by atoms with Crippen molar-refractivity contribution in [3.63, 3.8) is 0 Å². The summed E-state index contributed by atoms with van der Waals surface area (Å²) in [4.78, 5) is 25.3. The molecular formula is C14H18N2O3. The number of carbonyl (C=O) groups excluding carboxylic acids is 2. The van der Waals surface area contributed by atoms with Crippen LogP contribution in [-0.4, -0.2) is 38.4 Å². The molecule has 1 aromatic rings. The van der Waals surface area contributed by atoms with E-state index in [1.807, 2.05) is 12.1 Å². The van der Waals surface area contributed by atoms with E-state index in [0.717, 1.165) is 5.69 Å². The van der Waals surface area contributed by atoms with Gasteiger partial charge in [-0.2, -0.15) is 0 Å². The van der Waals surface area contributed by atoms with E-state index < -0.39 is 0 Å². The molecule has 1 amide bonds. The highest BCUT2D eigenvalue weighted by Gasteiger charge is 2.20. The van der Waals surface area contributed by atoms with Gasteiger partial charge in [-0.1, -0.05) is 6.07 Å². The number of anilines is 1. The van der Waals surface area contributed by atoms with Gasteiger partial charge in [-0.15, -0.1) is 0 Å². The van der Waals surface area contributed by atoms with Crippen molar-refractivity contribution in [2.45, 2.75) is 13.3 Å². The number of hydrogen-bond donors (Lipinski definition) is 1. The van der Waals surface area contributed by atoms with E-state index >= 15 is 0 Å². The van der Waals surface area contributed by atoms with Crippen LogP contribution in [0.4, 0.5) is 5.69 Å². The van der Waals surface area contributed by atoms with Gasteiger partial charge in [-0.3, -0.25) is 9.59 Å². The van der Waals surface area contributed by atoms with Gasteiger partial charge in [-0.05, 0) is 19.1 Å². The Bertz CT molecular complexity index is 499. The first-order chi connectivity index (χ1) is 9.13. The molecule has 0 aromatic heterocycles. The minimum Gasteiger partial charge on any atom is -0.496 e. The van der Waals surface area contributed by atoms with E-state index in [1.54, 1.807) is 13.2 Å². The smallest absolute Gasteiger partial charge is 0.221 e. The zero-order valence-electron chi connectivity index (χ0n) is 11.2. The van der Waals surface area contributed by atoms with Gasteiger partial charge in [0.2, 0.25) is 5.91 Å². The molecule has 2 rings (SSSR count). The second kappa shape index (κ2) is 5.73. The summed E-state index contributed by atoms with van der Waals surface area (Å²) in [7, 11) is 1.55. The Labute approximate surface area is 112 Å². The molecule has 1 saturated heterocycles. The van der Waals surface area contributed by atoms with Crippen LogP contribution in [0.5, 0.6) is 5.75 Å². The van der Waals surface area contributed by atoms with Crippen LogP contribution >= 0.6 is 0 Å². The Balaban J connectivity index is 2.38. The second-order valence-corrected chi connectivity index (χ2v) is 4.50. The predicted molar refractivity (Wildman–Crippen MR) is 72.8 cm³/mol. The minimum atomic E-state index is -0.0315. The summed E-state index contributed by atoms with van der Waals surface area (Å²) in [6, 6.07) is 5.54. The highest BCUT2D eigenvalue weighted by molar-refractivity contribution is 6.02. The lowest BCUT2D eigenvalue weighted by Crippen LogP contribution is -2.29. The van der Waals surface area contributed by atoms with E-state index in [-0.39, 0.29) is 11.7 Å². The van der Waals surface area contributed by atoms with Crippen molar-refractivity contribution in [1.29, 1.82) is 0 Å². The van der Waals surface area contributed by atoms with Crippen LogP contribution in [0.1, 0.15) is 23.7 Å². The summed E-state index contributed by atoms with van der Waals surface area (Å²) >= 11 is 0. The van der Waals surface area contributed by atoms with Crippen molar-refractivity contribution < 1.29 is 14.3 Å². The molecular weight excluding hydrogens is 244 g/mol. The van der Waals surface area contributed by atoms with Crippen LogP contribution < -0.4 is 15.0 Å². The van der Waals surface area contributed by atoms with Gasteiger partial charge in [0.15, 0.2) is 5.78 Å². The number of benzene rings is 1. The molecule has 0 saturated carbocycles. The number of ether oxygens (including phenoxy) is 1. The van der Waals surface area contributed by atoms with Crippen LogP contribution in [0, 0.1) is 0 Å². The second-order valence-electron chi connectivity index (χ2n) is 4.50. The molecule has 1 fully saturated rings. The quantitative estimate of drug-likeness (QED) is 0.832. The van der Waals surface area contributed by atoms with Crippen molar-refractivity contribution in [1.82, 2.24) is 5.32 Å². The maximum Gasteiger partial charge on any atom is 0.221 e. The van der Waals surface area contributed by atoms with Gasteiger partial charge in [-0.25, -0.2) is 0 Å². The topological polar surface area (TPSA) is 58.6 Å². The van der Waals surface area contributed by atoms with Crippen molar-refractivity contribution in [3.8, 4) is 5.75 Å². The molecule has 0 bridgehead atoms. The number of nitrogens with one attached hydrogen (secondary N) is 1. The number of rotatable bonds is 3. The first-order valence-electron chi connectivity index (χ1n) is 6.33. The molecule has 102 valence electrons. The van der Waals surface area contributed by atoms with E-state index in [2.05, 4.69) is 10.2 Å². The summed E-state index contributed by atoms with van der Waals surface area (Å²) in [5.41, 5.74) is 1.42. The fraction of sp³-hybridized carbons (Fsp3) is 0.429. The van der Waals surface area contributed by atoms with Crippen molar-refractivity contribution in [2.24, 2.45) is 0 Å². The molecule has 1 N–H and O–H groups in total. The molecule has 19 heavy (non-hydrogen) atoms. The van der Waals surface area contributed by atoms with Crippen LogP contribution in [-0.2, 0) is 4.79 Å². The number of amides is 1. The number of ketones is 1. The fourth-order valence-electron chi connectivity index (χ4n) is 2.31. The van der Waals surface area contributed by atoms with Crippen molar-refractivity contribution in [3.05, 3.63) is 23.8 Å². The summed E-state index contributed by atoms with van der Waals surface area (Å²) in [5, 5.41) is 2.82. The molecule has 1 aliphatic rings. The van der Waals surface area contributed by atoms with E-state index in [4.69, 9.17) is 4.74 Å². The number of Topliss-reactive ketones (excluding diaryl/α,β-unsaturated/α-hetero) is 1. The first-order valence-corrected chi connectivity index (χ1v) is 6.33. The third-order valence-corrected chi connectivity index (χ3v) is 3.23. The summed E-state index contributed by atoms with van der Waals surface area (Å²) in [6.07, 6.45) is 0.439. The van der Waals surface area contributed by atoms with Crippen molar-refractivity contribution >= 4 is 17.4 Å². The monoisotopic (exact) mass is 262 g/mol. The average molecular weight is 262 g/mol. The summed E-state index contributed by atoms with van der Waals surface area (Å²) in [5.74, 6) is 0.597. The van der Waals surface area contributed by atoms with Gasteiger partial charge < -0.3 is 15.0 Å². The Morgan fingerprint density at radius 3 is 2.84 bits per heavy atom. The van der Waals surface area contributed by atoms with Crippen molar-refractivity contribution in [2.75, 3.05) is 31.6 Å². The van der Waals surface area contributed by atoms with E-state index in [1.165, 1.54) is 6.92 Å². The van der Waals surface area contributed by atoms with Crippen LogP contribution in [0.15, 0.2) is 18.2 Å². The standard InChI is InChI=1S/C14H18N2O3/c1-10(17)14-11(4-3-5-12(14)19-2)16-8-6-13(18)15-7-9-16/h3-5H,6-9H2,1-2H3,(H,15,18). The van der Waals surface area contributed by atoms with Crippen LogP contribution in [0.25, 0.3) is 0 Å². The average Bonchev–Trinajstić information content (AvgIpc) is 2.62. The largest absolute Gasteiger partial charge is 0.496 e. The third kappa shape index (κ3) is 2.86. The van der Waals surface area contributed by atoms with Gasteiger partial charge in [0.25, 0.3) is 0 Å². The molecule has 1 heterocycles. The maximum atomic E-state index is 11.8. The highest BCUT2D eigenvalue weighted by Crippen LogP contribution is 2.30. The number of carbonyl (C=O) groups is 2. The van der Waals surface area contributed by atoms with E-state index in [9.17, 15) is 9.59 Å². The van der Waals surface area contributed by atoms with Gasteiger partial charge in [0, 0.05) is 26.1 Å². The van der Waals surface area contributed by atoms with Gasteiger partial charge in [0.1, 0.15) is 5.75 Å². The molecule has 5 heteroatoms. The van der Waals surface area contributed by atoms with Crippen LogP contribution in [0.2, 0.25) is 0 Å². The van der Waals surface area contributed by atoms with Gasteiger partial charge in [0.05, 0.1) is 18.4 Å². The Kier molecular flexibility index (Phi) is 4.04. The third-order valence-electron chi connectivity index (χ3n) is 3.23. The number of nitrogens with zero attached hydrogens (tertiary/aromatic N) is 1. The summed E-state index contributed by atoms with van der Waals surface area (Å²) in [6.45, 7) is 3.43. The molecule has 0 aliphatic carbocycles. The number of methoxy groups -OCH3 is 1. The normalized spacial score (nSPS) is 15.7. The van der Waals surface area contributed by atoms with Gasteiger partial charge >= 0.3 is 0 Å².